The molecule has 0 aromatic carbocycles. The summed E-state index contributed by atoms with van der Waals surface area (Å²) in [5.41, 5.74) is 4.06. The number of alkyl halides is 3. The van der Waals surface area contributed by atoms with Crippen molar-refractivity contribution >= 4 is 18.4 Å². The van der Waals surface area contributed by atoms with Crippen LogP contribution in [0.15, 0.2) is 12.3 Å². The molecule has 0 fully saturated rings. The van der Waals surface area contributed by atoms with Crippen LogP contribution in [0.5, 0.6) is 0 Å². The van der Waals surface area contributed by atoms with Crippen molar-refractivity contribution in [1.29, 1.82) is 0 Å². The summed E-state index contributed by atoms with van der Waals surface area (Å²) >= 11 is 0. The Labute approximate surface area is 94.4 Å². The minimum absolute atomic E-state index is 0. The van der Waals surface area contributed by atoms with E-state index in [1.165, 1.54) is 0 Å². The van der Waals surface area contributed by atoms with E-state index in [1.807, 2.05) is 0 Å². The second-order valence-corrected chi connectivity index (χ2v) is 2.87. The van der Waals surface area contributed by atoms with Gasteiger partial charge in [-0.3, -0.25) is 9.48 Å². The summed E-state index contributed by atoms with van der Waals surface area (Å²) in [7, 11) is 0. The van der Waals surface area contributed by atoms with E-state index in [0.29, 0.717) is 0 Å². The van der Waals surface area contributed by atoms with Gasteiger partial charge in [-0.15, -0.1) is 12.4 Å². The van der Waals surface area contributed by atoms with E-state index in [1.54, 1.807) is 0 Å². The summed E-state index contributed by atoms with van der Waals surface area (Å²) in [4.78, 5) is 10.3. The fraction of sp³-hybridized carbons (Fsp3) is 0.429. The summed E-state index contributed by atoms with van der Waals surface area (Å²) in [6.07, 6.45) is -3.50. The molecule has 9 heteroatoms. The van der Waals surface area contributed by atoms with Crippen LogP contribution in [0.1, 0.15) is 5.69 Å². The Balaban J connectivity index is 0.00000225. The third kappa shape index (κ3) is 3.70. The topological polar surface area (TPSA) is 81.1 Å². The van der Waals surface area contributed by atoms with Crippen molar-refractivity contribution in [2.75, 3.05) is 0 Å². The maximum Gasteiger partial charge on any atom is 0.435 e. The second kappa shape index (κ2) is 5.17. The molecule has 92 valence electrons. The molecule has 16 heavy (non-hydrogen) atoms. The first-order chi connectivity index (χ1) is 6.80. The van der Waals surface area contributed by atoms with Crippen LogP contribution in [-0.2, 0) is 17.5 Å². The van der Waals surface area contributed by atoms with E-state index >= 15 is 0 Å². The molecule has 1 heterocycles. The number of aromatic nitrogens is 2. The van der Waals surface area contributed by atoms with E-state index in [0.717, 1.165) is 16.9 Å². The number of carboxylic acids is 1. The molecule has 3 N–H and O–H groups in total. The summed E-state index contributed by atoms with van der Waals surface area (Å²) in [6, 6.07) is -0.514. The smallest absolute Gasteiger partial charge is 0.435 e. The Bertz CT molecular complexity index is 366. The highest BCUT2D eigenvalue weighted by molar-refractivity contribution is 5.85. The Morgan fingerprint density at radius 1 is 1.62 bits per heavy atom. The zero-order chi connectivity index (χ0) is 11.6. The van der Waals surface area contributed by atoms with Gasteiger partial charge in [0.25, 0.3) is 0 Å². The van der Waals surface area contributed by atoms with Gasteiger partial charge in [0, 0.05) is 6.20 Å². The van der Waals surface area contributed by atoms with Gasteiger partial charge < -0.3 is 10.8 Å². The molecule has 0 saturated heterocycles. The first kappa shape index (κ1) is 14.7. The maximum atomic E-state index is 12.1. The number of halogens is 4. The molecule has 1 unspecified atom stereocenters. The van der Waals surface area contributed by atoms with Gasteiger partial charge in [-0.25, -0.2) is 0 Å². The second-order valence-electron chi connectivity index (χ2n) is 2.87. The maximum absolute atomic E-state index is 12.1. The molecule has 1 aromatic heterocycles. The standard InChI is InChI=1S/C7H8F3N3O2.ClH/c8-7(9,10)5-1-2-13(12-5)3-4(11)6(14)15;/h1-2,4H,3,11H2,(H,14,15);1H. The van der Waals surface area contributed by atoms with Gasteiger partial charge in [0.2, 0.25) is 0 Å². The first-order valence-electron chi connectivity index (χ1n) is 3.89. The molecule has 1 rings (SSSR count). The lowest BCUT2D eigenvalue weighted by atomic mass is 10.3. The lowest BCUT2D eigenvalue weighted by molar-refractivity contribution is -0.141. The monoisotopic (exact) mass is 259 g/mol. The highest BCUT2D eigenvalue weighted by Crippen LogP contribution is 2.27. The molecule has 0 amide bonds. The molecular formula is C7H9ClF3N3O2. The molecule has 0 radical (unpaired) electrons. The molecule has 0 aliphatic carbocycles. The van der Waals surface area contributed by atoms with Crippen molar-refractivity contribution in [1.82, 2.24) is 9.78 Å². The van der Waals surface area contributed by atoms with Crippen LogP contribution in [0.2, 0.25) is 0 Å². The van der Waals surface area contributed by atoms with Crippen molar-refractivity contribution in [2.24, 2.45) is 5.73 Å². The van der Waals surface area contributed by atoms with Crippen LogP contribution in [0.4, 0.5) is 13.2 Å². The minimum Gasteiger partial charge on any atom is -0.480 e. The predicted octanol–water partition coefficient (Wildman–Crippen LogP) is 0.736. The lowest BCUT2D eigenvalue weighted by Gasteiger charge is -2.06. The number of hydrogen-bond donors (Lipinski definition) is 2. The zero-order valence-electron chi connectivity index (χ0n) is 7.81. The van der Waals surface area contributed by atoms with Gasteiger partial charge in [-0.1, -0.05) is 0 Å². The Kier molecular flexibility index (Phi) is 4.76. The SMILES string of the molecule is Cl.NC(Cn1ccc(C(F)(F)F)n1)C(=O)O. The molecule has 1 atom stereocenters. The number of nitrogens with two attached hydrogens (primary N) is 1. The van der Waals surface area contributed by atoms with Crippen molar-refractivity contribution in [3.63, 3.8) is 0 Å². The number of carbonyl (C=O) groups is 1. The fourth-order valence-electron chi connectivity index (χ4n) is 0.894. The van der Waals surface area contributed by atoms with E-state index in [4.69, 9.17) is 10.8 Å². The Morgan fingerprint density at radius 3 is 2.56 bits per heavy atom. The molecule has 5 nitrogen and oxygen atoms in total. The van der Waals surface area contributed by atoms with Gasteiger partial charge in [0.1, 0.15) is 6.04 Å². The van der Waals surface area contributed by atoms with E-state index < -0.39 is 23.9 Å². The fourth-order valence-corrected chi connectivity index (χ4v) is 0.894. The zero-order valence-corrected chi connectivity index (χ0v) is 8.63. The number of nitrogens with zero attached hydrogens (tertiary/aromatic N) is 2. The van der Waals surface area contributed by atoms with Gasteiger partial charge in [0.05, 0.1) is 6.54 Å². The normalized spacial score (nSPS) is 13.0. The average molecular weight is 260 g/mol. The van der Waals surface area contributed by atoms with Gasteiger partial charge in [-0.2, -0.15) is 18.3 Å². The van der Waals surface area contributed by atoms with Crippen LogP contribution in [0.3, 0.4) is 0 Å². The van der Waals surface area contributed by atoms with Crippen molar-refractivity contribution in [3.8, 4) is 0 Å². The van der Waals surface area contributed by atoms with Crippen LogP contribution >= 0.6 is 12.4 Å². The third-order valence-electron chi connectivity index (χ3n) is 1.63. The number of aliphatic carboxylic acids is 1. The minimum atomic E-state index is -4.53. The average Bonchev–Trinajstić information content (AvgIpc) is 2.51. The molecule has 0 aliphatic heterocycles. The Hall–Kier alpha value is -1.28. The van der Waals surface area contributed by atoms with Crippen molar-refractivity contribution in [3.05, 3.63) is 18.0 Å². The van der Waals surface area contributed by atoms with Gasteiger partial charge >= 0.3 is 12.1 Å². The summed E-state index contributed by atoms with van der Waals surface area (Å²) < 4.78 is 37.1. The molecule has 0 aliphatic rings. The summed E-state index contributed by atoms with van der Waals surface area (Å²) in [5.74, 6) is -1.29. The third-order valence-corrected chi connectivity index (χ3v) is 1.63. The van der Waals surface area contributed by atoms with Gasteiger partial charge in [-0.05, 0) is 6.07 Å². The van der Waals surface area contributed by atoms with Crippen LogP contribution in [0, 0.1) is 0 Å². The summed E-state index contributed by atoms with van der Waals surface area (Å²) in [5, 5.41) is 11.6. The summed E-state index contributed by atoms with van der Waals surface area (Å²) in [6.45, 7) is -0.300. The Morgan fingerprint density at radius 2 is 2.19 bits per heavy atom. The van der Waals surface area contributed by atoms with Crippen LogP contribution in [0.25, 0.3) is 0 Å². The van der Waals surface area contributed by atoms with Crippen molar-refractivity contribution < 1.29 is 23.1 Å². The lowest BCUT2D eigenvalue weighted by Crippen LogP contribution is -2.34. The molecule has 0 saturated carbocycles. The highest BCUT2D eigenvalue weighted by atomic mass is 35.5. The van der Waals surface area contributed by atoms with E-state index in [9.17, 15) is 18.0 Å². The number of carboxylic acid groups (broad SMARTS) is 1. The molecule has 0 bridgehead atoms. The first-order valence-corrected chi connectivity index (χ1v) is 3.89. The largest absolute Gasteiger partial charge is 0.480 e. The highest BCUT2D eigenvalue weighted by Gasteiger charge is 2.33. The van der Waals surface area contributed by atoms with Gasteiger partial charge in [0.15, 0.2) is 5.69 Å². The predicted molar refractivity (Wildman–Crippen MR) is 50.1 cm³/mol. The number of rotatable bonds is 3. The number of hydrogen-bond acceptors (Lipinski definition) is 3. The molecule has 0 spiro atoms. The quantitative estimate of drug-likeness (QED) is 0.839. The van der Waals surface area contributed by atoms with Crippen LogP contribution in [-0.4, -0.2) is 26.9 Å². The van der Waals surface area contributed by atoms with Crippen LogP contribution < -0.4 is 5.73 Å². The van der Waals surface area contributed by atoms with Crippen molar-refractivity contribution in [2.45, 2.75) is 18.8 Å². The van der Waals surface area contributed by atoms with E-state index in [-0.39, 0.29) is 19.0 Å². The molecular weight excluding hydrogens is 251 g/mol. The molecule has 1 aromatic rings. The van der Waals surface area contributed by atoms with E-state index in [2.05, 4.69) is 5.10 Å².